The summed E-state index contributed by atoms with van der Waals surface area (Å²) in [7, 11) is 0. The zero-order chi connectivity index (χ0) is 13.1. The lowest BCUT2D eigenvalue weighted by Crippen LogP contribution is -2.06. The van der Waals surface area contributed by atoms with Crippen LogP contribution in [0.15, 0.2) is 28.2 Å². The zero-order valence-electron chi connectivity index (χ0n) is 9.44. The molecule has 1 aromatic heterocycles. The van der Waals surface area contributed by atoms with Crippen molar-refractivity contribution in [2.45, 2.75) is 6.92 Å². The molecule has 0 aliphatic carbocycles. The monoisotopic (exact) mass is 329 g/mol. The fourth-order valence-electron chi connectivity index (χ4n) is 1.46. The minimum Gasteiger partial charge on any atom is -0.461 e. The van der Waals surface area contributed by atoms with Gasteiger partial charge in [0.1, 0.15) is 5.82 Å². The van der Waals surface area contributed by atoms with Crippen molar-refractivity contribution in [1.82, 2.24) is 4.98 Å². The van der Waals surface area contributed by atoms with Crippen LogP contribution in [0, 0.1) is 5.82 Å². The Labute approximate surface area is 116 Å². The number of hydrogen-bond acceptors (Lipinski definition) is 4. The molecule has 0 amide bonds. The van der Waals surface area contributed by atoms with Crippen LogP contribution < -0.4 is 0 Å². The second-order valence-corrected chi connectivity index (χ2v) is 5.62. The van der Waals surface area contributed by atoms with Crippen molar-refractivity contribution in [3.63, 3.8) is 0 Å². The van der Waals surface area contributed by atoms with Crippen LogP contribution in [-0.2, 0) is 4.74 Å². The van der Waals surface area contributed by atoms with Crippen molar-refractivity contribution in [3.05, 3.63) is 39.7 Å². The summed E-state index contributed by atoms with van der Waals surface area (Å²) < 4.78 is 19.1. The van der Waals surface area contributed by atoms with Gasteiger partial charge in [-0.2, -0.15) is 0 Å². The summed E-state index contributed by atoms with van der Waals surface area (Å²) in [6, 6.07) is 6.26. The standard InChI is InChI=1S/C12H9BrFNO2S/c1-2-17-11(16)9-10(18-12(13)15-9)7-5-3-4-6-8(7)14/h3-6H,2H2,1H3. The molecule has 6 heteroatoms. The molecule has 2 rings (SSSR count). The van der Waals surface area contributed by atoms with Gasteiger partial charge in [0.25, 0.3) is 0 Å². The molecule has 0 aliphatic rings. The third-order valence-electron chi connectivity index (χ3n) is 2.19. The number of carbonyl (C=O) groups excluding carboxylic acids is 1. The molecule has 0 saturated heterocycles. The number of aromatic nitrogens is 1. The number of carbonyl (C=O) groups is 1. The van der Waals surface area contributed by atoms with Crippen molar-refractivity contribution in [1.29, 1.82) is 0 Å². The second-order valence-electron chi connectivity index (χ2n) is 3.34. The number of nitrogens with zero attached hydrogens (tertiary/aromatic N) is 1. The van der Waals surface area contributed by atoms with E-state index in [-0.39, 0.29) is 18.1 Å². The van der Waals surface area contributed by atoms with Gasteiger partial charge in [0, 0.05) is 5.56 Å². The maximum atomic E-state index is 13.7. The van der Waals surface area contributed by atoms with Gasteiger partial charge in [-0.3, -0.25) is 0 Å². The number of thiazole rings is 1. The smallest absolute Gasteiger partial charge is 0.358 e. The quantitative estimate of drug-likeness (QED) is 0.802. The van der Waals surface area contributed by atoms with E-state index in [2.05, 4.69) is 20.9 Å². The summed E-state index contributed by atoms with van der Waals surface area (Å²) in [4.78, 5) is 16.3. The summed E-state index contributed by atoms with van der Waals surface area (Å²) in [5.74, 6) is -0.933. The number of hydrogen-bond donors (Lipinski definition) is 0. The van der Waals surface area contributed by atoms with Crippen molar-refractivity contribution in [3.8, 4) is 10.4 Å². The van der Waals surface area contributed by atoms with E-state index in [1.165, 1.54) is 17.4 Å². The Kier molecular flexibility index (Phi) is 4.08. The molecule has 3 nitrogen and oxygen atoms in total. The molecule has 0 unspecified atom stereocenters. The van der Waals surface area contributed by atoms with Crippen LogP contribution in [0.3, 0.4) is 0 Å². The highest BCUT2D eigenvalue weighted by Gasteiger charge is 2.21. The minimum absolute atomic E-state index is 0.138. The number of esters is 1. The van der Waals surface area contributed by atoms with Gasteiger partial charge in [-0.25, -0.2) is 14.2 Å². The van der Waals surface area contributed by atoms with Crippen LogP contribution in [-0.4, -0.2) is 17.6 Å². The van der Waals surface area contributed by atoms with E-state index >= 15 is 0 Å². The van der Waals surface area contributed by atoms with E-state index in [1.807, 2.05) is 0 Å². The van der Waals surface area contributed by atoms with Crippen LogP contribution in [0.4, 0.5) is 4.39 Å². The second kappa shape index (κ2) is 5.58. The van der Waals surface area contributed by atoms with Gasteiger partial charge in [0.2, 0.25) is 0 Å². The van der Waals surface area contributed by atoms with Crippen LogP contribution in [0.1, 0.15) is 17.4 Å². The molecule has 1 heterocycles. The van der Waals surface area contributed by atoms with E-state index in [0.717, 1.165) is 0 Å². The van der Waals surface area contributed by atoms with Gasteiger partial charge < -0.3 is 4.74 Å². The fourth-order valence-corrected chi connectivity index (χ4v) is 2.93. The van der Waals surface area contributed by atoms with Crippen molar-refractivity contribution < 1.29 is 13.9 Å². The molecule has 0 fully saturated rings. The highest BCUT2D eigenvalue weighted by molar-refractivity contribution is 9.11. The highest BCUT2D eigenvalue weighted by Crippen LogP contribution is 2.34. The zero-order valence-corrected chi connectivity index (χ0v) is 11.8. The SMILES string of the molecule is CCOC(=O)c1nc(Br)sc1-c1ccccc1F. The lowest BCUT2D eigenvalue weighted by atomic mass is 10.1. The first-order valence-electron chi connectivity index (χ1n) is 5.21. The number of halogens is 2. The predicted octanol–water partition coefficient (Wildman–Crippen LogP) is 3.89. The summed E-state index contributed by atoms with van der Waals surface area (Å²) in [5, 5.41) is 0. The molecule has 0 radical (unpaired) electrons. The number of ether oxygens (including phenoxy) is 1. The maximum Gasteiger partial charge on any atom is 0.358 e. The summed E-state index contributed by atoms with van der Waals surface area (Å²) in [6.07, 6.45) is 0. The van der Waals surface area contributed by atoms with E-state index in [1.54, 1.807) is 25.1 Å². The van der Waals surface area contributed by atoms with E-state index < -0.39 is 5.97 Å². The van der Waals surface area contributed by atoms with Crippen LogP contribution >= 0.6 is 27.3 Å². The minimum atomic E-state index is -0.544. The average Bonchev–Trinajstić information content (AvgIpc) is 2.72. The van der Waals surface area contributed by atoms with Crippen molar-refractivity contribution >= 4 is 33.2 Å². The van der Waals surface area contributed by atoms with E-state index in [0.29, 0.717) is 14.4 Å². The van der Waals surface area contributed by atoms with Crippen LogP contribution in [0.2, 0.25) is 0 Å². The van der Waals surface area contributed by atoms with Crippen molar-refractivity contribution in [2.24, 2.45) is 0 Å². The molecule has 0 N–H and O–H groups in total. The predicted molar refractivity (Wildman–Crippen MR) is 71.2 cm³/mol. The third kappa shape index (κ3) is 2.59. The van der Waals surface area contributed by atoms with Crippen molar-refractivity contribution in [2.75, 3.05) is 6.61 Å². The van der Waals surface area contributed by atoms with Crippen LogP contribution in [0.25, 0.3) is 10.4 Å². The first-order chi connectivity index (χ1) is 8.63. The Balaban J connectivity index is 2.51. The van der Waals surface area contributed by atoms with Gasteiger partial charge in [0.15, 0.2) is 9.61 Å². The Morgan fingerprint density at radius 3 is 2.89 bits per heavy atom. The van der Waals surface area contributed by atoms with Gasteiger partial charge in [-0.15, -0.1) is 11.3 Å². The number of benzene rings is 1. The Morgan fingerprint density at radius 1 is 1.50 bits per heavy atom. The molecule has 0 spiro atoms. The highest BCUT2D eigenvalue weighted by atomic mass is 79.9. The van der Waals surface area contributed by atoms with Gasteiger partial charge in [0.05, 0.1) is 11.5 Å². The molecule has 2 aromatic rings. The van der Waals surface area contributed by atoms with Crippen LogP contribution in [0.5, 0.6) is 0 Å². The fraction of sp³-hybridized carbons (Fsp3) is 0.167. The molecule has 0 bridgehead atoms. The Hall–Kier alpha value is -1.27. The van der Waals surface area contributed by atoms with Gasteiger partial charge >= 0.3 is 5.97 Å². The molecular formula is C12H9BrFNO2S. The average molecular weight is 330 g/mol. The molecule has 0 saturated carbocycles. The lowest BCUT2D eigenvalue weighted by Gasteiger charge is -2.03. The summed E-state index contributed by atoms with van der Waals surface area (Å²) >= 11 is 4.40. The normalized spacial score (nSPS) is 10.4. The lowest BCUT2D eigenvalue weighted by molar-refractivity contribution is 0.0521. The Morgan fingerprint density at radius 2 is 2.22 bits per heavy atom. The molecule has 18 heavy (non-hydrogen) atoms. The summed E-state index contributed by atoms with van der Waals surface area (Å²) in [6.45, 7) is 1.97. The maximum absolute atomic E-state index is 13.7. The molecule has 94 valence electrons. The largest absolute Gasteiger partial charge is 0.461 e. The summed E-state index contributed by atoms with van der Waals surface area (Å²) in [5.41, 5.74) is 0.488. The van der Waals surface area contributed by atoms with Gasteiger partial charge in [-0.05, 0) is 28.9 Å². The first kappa shape index (κ1) is 13.2. The molecule has 0 atom stereocenters. The van der Waals surface area contributed by atoms with E-state index in [4.69, 9.17) is 4.74 Å². The van der Waals surface area contributed by atoms with Gasteiger partial charge in [-0.1, -0.05) is 18.2 Å². The molecular weight excluding hydrogens is 321 g/mol. The molecule has 1 aromatic carbocycles. The first-order valence-corrected chi connectivity index (χ1v) is 6.82. The van der Waals surface area contributed by atoms with E-state index in [9.17, 15) is 9.18 Å². The number of rotatable bonds is 3. The third-order valence-corrected chi connectivity index (χ3v) is 3.73. The topological polar surface area (TPSA) is 39.2 Å². The molecule has 0 aliphatic heterocycles. The Bertz CT molecular complexity index is 585.